The topological polar surface area (TPSA) is 56.5 Å². The van der Waals surface area contributed by atoms with Gasteiger partial charge in [0.1, 0.15) is 5.82 Å². The van der Waals surface area contributed by atoms with Gasteiger partial charge in [-0.15, -0.1) is 0 Å². The van der Waals surface area contributed by atoms with Gasteiger partial charge in [0.15, 0.2) is 11.5 Å². The van der Waals surface area contributed by atoms with Crippen molar-refractivity contribution in [1.29, 1.82) is 0 Å². The molecule has 0 unspecified atom stereocenters. The van der Waals surface area contributed by atoms with Gasteiger partial charge in [0.05, 0.1) is 31.4 Å². The largest absolute Gasteiger partial charge is 0.493 e. The van der Waals surface area contributed by atoms with E-state index < -0.39 is 6.10 Å². The van der Waals surface area contributed by atoms with E-state index in [4.69, 9.17) is 9.47 Å². The van der Waals surface area contributed by atoms with Gasteiger partial charge >= 0.3 is 0 Å². The Bertz CT molecular complexity index is 826. The van der Waals surface area contributed by atoms with Crippen LogP contribution in [0.25, 0.3) is 11.0 Å². The molecule has 1 heterocycles. The highest BCUT2D eigenvalue weighted by Gasteiger charge is 2.16. The van der Waals surface area contributed by atoms with Gasteiger partial charge in [-0.1, -0.05) is 18.2 Å². The maximum Gasteiger partial charge on any atom is 0.161 e. The number of benzene rings is 2. The molecule has 0 aliphatic rings. The van der Waals surface area contributed by atoms with Gasteiger partial charge < -0.3 is 19.1 Å². The number of rotatable bonds is 5. The van der Waals surface area contributed by atoms with Gasteiger partial charge in [-0.05, 0) is 29.8 Å². The van der Waals surface area contributed by atoms with Crippen LogP contribution in [0, 0.1) is 0 Å². The van der Waals surface area contributed by atoms with E-state index in [0.29, 0.717) is 17.9 Å². The Hall–Kier alpha value is -2.53. The molecule has 0 amide bonds. The molecular weight excluding hydrogens is 292 g/mol. The summed E-state index contributed by atoms with van der Waals surface area (Å²) in [6.45, 7) is 0. The summed E-state index contributed by atoms with van der Waals surface area (Å²) in [4.78, 5) is 4.60. The molecule has 23 heavy (non-hydrogen) atoms. The minimum atomic E-state index is -0.662. The van der Waals surface area contributed by atoms with E-state index in [1.54, 1.807) is 26.4 Å². The smallest absolute Gasteiger partial charge is 0.161 e. The Morgan fingerprint density at radius 3 is 2.52 bits per heavy atom. The summed E-state index contributed by atoms with van der Waals surface area (Å²) in [6, 6.07) is 13.4. The van der Waals surface area contributed by atoms with Crippen molar-refractivity contribution in [3.05, 3.63) is 53.9 Å². The molecule has 5 heteroatoms. The average molecular weight is 312 g/mol. The maximum absolute atomic E-state index is 10.6. The highest BCUT2D eigenvalue weighted by atomic mass is 16.5. The predicted octanol–water partition coefficient (Wildman–Crippen LogP) is 2.87. The van der Waals surface area contributed by atoms with Crippen LogP contribution in [0.2, 0.25) is 0 Å². The number of methoxy groups -OCH3 is 2. The number of aromatic nitrogens is 2. The molecule has 1 N–H and O–H groups in total. The van der Waals surface area contributed by atoms with Crippen LogP contribution >= 0.6 is 0 Å². The number of hydrogen-bond acceptors (Lipinski definition) is 4. The number of aliphatic hydroxyl groups excluding tert-OH is 1. The zero-order chi connectivity index (χ0) is 16.4. The number of ether oxygens (including phenoxy) is 2. The summed E-state index contributed by atoms with van der Waals surface area (Å²) in [7, 11) is 5.14. The van der Waals surface area contributed by atoms with E-state index in [1.807, 2.05) is 41.9 Å². The quantitative estimate of drug-likeness (QED) is 0.787. The molecule has 0 spiro atoms. The first-order valence-electron chi connectivity index (χ1n) is 7.44. The first-order chi connectivity index (χ1) is 11.1. The molecule has 0 saturated heterocycles. The number of imidazole rings is 1. The van der Waals surface area contributed by atoms with Gasteiger partial charge in [-0.25, -0.2) is 4.98 Å². The zero-order valence-corrected chi connectivity index (χ0v) is 13.5. The van der Waals surface area contributed by atoms with Crippen LogP contribution in [0.3, 0.4) is 0 Å². The van der Waals surface area contributed by atoms with Gasteiger partial charge in [-0.2, -0.15) is 0 Å². The summed E-state index contributed by atoms with van der Waals surface area (Å²) in [5, 5.41) is 10.6. The van der Waals surface area contributed by atoms with Crippen molar-refractivity contribution < 1.29 is 14.6 Å². The van der Waals surface area contributed by atoms with Crippen LogP contribution < -0.4 is 9.47 Å². The summed E-state index contributed by atoms with van der Waals surface area (Å²) < 4.78 is 12.5. The first kappa shape index (κ1) is 15.4. The molecule has 0 bridgehead atoms. The normalized spacial score (nSPS) is 12.3. The fraction of sp³-hybridized carbons (Fsp3) is 0.278. The molecule has 3 rings (SSSR count). The third-order valence-corrected chi connectivity index (χ3v) is 4.05. The van der Waals surface area contributed by atoms with Gasteiger partial charge in [0.2, 0.25) is 0 Å². The molecule has 3 aromatic rings. The average Bonchev–Trinajstić information content (AvgIpc) is 2.90. The van der Waals surface area contributed by atoms with E-state index >= 15 is 0 Å². The lowest BCUT2D eigenvalue weighted by Gasteiger charge is -2.14. The molecular formula is C18H20N2O3. The van der Waals surface area contributed by atoms with Crippen molar-refractivity contribution in [2.45, 2.75) is 12.5 Å². The highest BCUT2D eigenvalue weighted by molar-refractivity contribution is 5.75. The van der Waals surface area contributed by atoms with E-state index in [9.17, 15) is 5.11 Å². The summed E-state index contributed by atoms with van der Waals surface area (Å²) >= 11 is 0. The predicted molar refractivity (Wildman–Crippen MR) is 88.9 cm³/mol. The van der Waals surface area contributed by atoms with Crippen LogP contribution in [0.4, 0.5) is 0 Å². The summed E-state index contributed by atoms with van der Waals surface area (Å²) in [6.07, 6.45) is -0.231. The number of hydrogen-bond donors (Lipinski definition) is 1. The van der Waals surface area contributed by atoms with Crippen molar-refractivity contribution in [3.8, 4) is 11.5 Å². The third kappa shape index (κ3) is 2.87. The minimum Gasteiger partial charge on any atom is -0.493 e. The van der Waals surface area contributed by atoms with Crippen LogP contribution in [0.1, 0.15) is 17.5 Å². The number of fused-ring (bicyclic) bond motifs is 1. The third-order valence-electron chi connectivity index (χ3n) is 4.05. The molecule has 1 atom stereocenters. The highest BCUT2D eigenvalue weighted by Crippen LogP contribution is 2.31. The second-order valence-corrected chi connectivity index (χ2v) is 5.41. The lowest BCUT2D eigenvalue weighted by molar-refractivity contribution is 0.174. The first-order valence-corrected chi connectivity index (χ1v) is 7.44. The maximum atomic E-state index is 10.6. The molecule has 0 radical (unpaired) electrons. The fourth-order valence-corrected chi connectivity index (χ4v) is 2.73. The van der Waals surface area contributed by atoms with Crippen molar-refractivity contribution in [2.24, 2.45) is 7.05 Å². The van der Waals surface area contributed by atoms with Crippen molar-refractivity contribution in [3.63, 3.8) is 0 Å². The number of nitrogens with zero attached hydrogens (tertiary/aromatic N) is 2. The van der Waals surface area contributed by atoms with Gasteiger partial charge in [0, 0.05) is 13.5 Å². The molecule has 2 aromatic carbocycles. The van der Waals surface area contributed by atoms with E-state index in [1.165, 1.54) is 0 Å². The second-order valence-electron chi connectivity index (χ2n) is 5.41. The molecule has 0 aliphatic carbocycles. The fourth-order valence-electron chi connectivity index (χ4n) is 2.73. The monoisotopic (exact) mass is 312 g/mol. The lowest BCUT2D eigenvalue weighted by atomic mass is 10.1. The second kappa shape index (κ2) is 6.30. The van der Waals surface area contributed by atoms with Crippen molar-refractivity contribution in [2.75, 3.05) is 14.2 Å². The Morgan fingerprint density at radius 2 is 1.83 bits per heavy atom. The van der Waals surface area contributed by atoms with E-state index in [2.05, 4.69) is 4.98 Å². The number of aliphatic hydroxyl groups is 1. The van der Waals surface area contributed by atoms with Gasteiger partial charge in [0.25, 0.3) is 0 Å². The molecule has 1 aromatic heterocycles. The van der Waals surface area contributed by atoms with Crippen molar-refractivity contribution in [1.82, 2.24) is 9.55 Å². The molecule has 0 fully saturated rings. The SMILES string of the molecule is COc1ccc([C@@H](O)Cc2nc3ccccc3n2C)cc1OC. The molecule has 0 aliphatic heterocycles. The van der Waals surface area contributed by atoms with Crippen LogP contribution in [0.15, 0.2) is 42.5 Å². The van der Waals surface area contributed by atoms with Crippen molar-refractivity contribution >= 4 is 11.0 Å². The Labute approximate surface area is 135 Å². The lowest BCUT2D eigenvalue weighted by Crippen LogP contribution is -2.07. The molecule has 5 nitrogen and oxygen atoms in total. The van der Waals surface area contributed by atoms with Crippen LogP contribution in [0.5, 0.6) is 11.5 Å². The van der Waals surface area contributed by atoms with E-state index in [0.717, 1.165) is 22.4 Å². The molecule has 0 saturated carbocycles. The number of para-hydroxylation sites is 2. The Balaban J connectivity index is 1.88. The summed E-state index contributed by atoms with van der Waals surface area (Å²) in [5.41, 5.74) is 2.77. The minimum absolute atomic E-state index is 0.431. The summed E-state index contributed by atoms with van der Waals surface area (Å²) in [5.74, 6) is 2.09. The number of aryl methyl sites for hydroxylation is 1. The van der Waals surface area contributed by atoms with Crippen LogP contribution in [-0.4, -0.2) is 28.9 Å². The molecule has 120 valence electrons. The van der Waals surface area contributed by atoms with E-state index in [-0.39, 0.29) is 0 Å². The Kier molecular flexibility index (Phi) is 4.21. The zero-order valence-electron chi connectivity index (χ0n) is 13.5. The van der Waals surface area contributed by atoms with Gasteiger partial charge in [-0.3, -0.25) is 0 Å². The standard InChI is InChI=1S/C18H20N2O3/c1-20-14-7-5-4-6-13(14)19-18(20)11-15(21)12-8-9-16(22-2)17(10-12)23-3/h4-10,15,21H,11H2,1-3H3/t15-/m0/s1. The van der Waals surface area contributed by atoms with Crippen LogP contribution in [-0.2, 0) is 13.5 Å². The Morgan fingerprint density at radius 1 is 1.09 bits per heavy atom.